The van der Waals surface area contributed by atoms with Gasteiger partial charge in [0.15, 0.2) is 0 Å². The predicted octanol–water partition coefficient (Wildman–Crippen LogP) is 4.02. The van der Waals surface area contributed by atoms with Gasteiger partial charge in [0.1, 0.15) is 0 Å². The summed E-state index contributed by atoms with van der Waals surface area (Å²) in [5.74, 6) is 0.588. The summed E-state index contributed by atoms with van der Waals surface area (Å²) in [6, 6.07) is 4.44. The van der Waals surface area contributed by atoms with Crippen LogP contribution < -0.4 is 5.73 Å². The number of nitrogens with two attached hydrogens (primary N) is 1. The van der Waals surface area contributed by atoms with Gasteiger partial charge in [0.2, 0.25) is 0 Å². The quantitative estimate of drug-likeness (QED) is 0.814. The third-order valence-electron chi connectivity index (χ3n) is 2.57. The number of hydrogen-bond donors (Lipinski definition) is 1. The molecule has 0 spiro atoms. The molecule has 0 amide bonds. The van der Waals surface area contributed by atoms with Gasteiger partial charge in [-0.25, -0.2) is 0 Å². The summed E-state index contributed by atoms with van der Waals surface area (Å²) in [7, 11) is 0. The Hall–Kier alpha value is -0.0500. The molecule has 0 aromatic carbocycles. The van der Waals surface area contributed by atoms with Crippen LogP contribution in [-0.4, -0.2) is 6.04 Å². The fourth-order valence-corrected chi connectivity index (χ4v) is 2.55. The van der Waals surface area contributed by atoms with Crippen LogP contribution in [0.3, 0.4) is 0 Å². The fraction of sp³-hybridized carbons (Fsp3) is 0.636. The van der Waals surface area contributed by atoms with E-state index in [1.807, 2.05) is 6.07 Å². The van der Waals surface area contributed by atoms with Gasteiger partial charge in [-0.05, 0) is 37.3 Å². The van der Waals surface area contributed by atoms with Crippen molar-refractivity contribution < 1.29 is 0 Å². The Bertz CT molecular complexity index is 272. The highest BCUT2D eigenvalue weighted by atomic mass is 35.5. The molecule has 2 N–H and O–H groups in total. The van der Waals surface area contributed by atoms with Crippen LogP contribution >= 0.6 is 22.9 Å². The van der Waals surface area contributed by atoms with Gasteiger partial charge in [0.05, 0.1) is 4.34 Å². The van der Waals surface area contributed by atoms with Crippen LogP contribution in [0.2, 0.25) is 4.34 Å². The average Bonchev–Trinajstić information content (AvgIpc) is 2.60. The highest BCUT2D eigenvalue weighted by Crippen LogP contribution is 2.30. The van der Waals surface area contributed by atoms with E-state index < -0.39 is 0 Å². The van der Waals surface area contributed by atoms with Gasteiger partial charge < -0.3 is 5.73 Å². The van der Waals surface area contributed by atoms with E-state index in [0.29, 0.717) is 12.0 Å². The number of rotatable bonds is 5. The van der Waals surface area contributed by atoms with Crippen LogP contribution in [0.1, 0.15) is 43.9 Å². The Labute approximate surface area is 95.3 Å². The molecule has 0 radical (unpaired) electrons. The lowest BCUT2D eigenvalue weighted by Crippen LogP contribution is -2.18. The second-order valence-corrected chi connectivity index (χ2v) is 5.54. The Morgan fingerprint density at radius 2 is 2.14 bits per heavy atom. The monoisotopic (exact) mass is 231 g/mol. The summed E-state index contributed by atoms with van der Waals surface area (Å²) >= 11 is 7.57. The average molecular weight is 232 g/mol. The number of hydrogen-bond acceptors (Lipinski definition) is 2. The Balaban J connectivity index is 2.39. The standard InChI is InChI=1S/C11H18ClNS/c1-3-9(13)5-4-8(2)10-6-7-11(12)14-10/h6-9H,3-5,13H2,1-2H3. The smallest absolute Gasteiger partial charge is 0.0931 e. The first-order chi connectivity index (χ1) is 6.63. The number of halogens is 1. The van der Waals surface area contributed by atoms with E-state index >= 15 is 0 Å². The maximum Gasteiger partial charge on any atom is 0.0931 e. The third-order valence-corrected chi connectivity index (χ3v) is 4.04. The van der Waals surface area contributed by atoms with E-state index in [4.69, 9.17) is 17.3 Å². The summed E-state index contributed by atoms with van der Waals surface area (Å²) < 4.78 is 0.881. The molecule has 1 heterocycles. The molecule has 0 fully saturated rings. The van der Waals surface area contributed by atoms with E-state index in [9.17, 15) is 0 Å². The van der Waals surface area contributed by atoms with Crippen LogP contribution in [0.25, 0.3) is 0 Å². The Kier molecular flexibility index (Phi) is 4.93. The van der Waals surface area contributed by atoms with Crippen molar-refractivity contribution in [2.45, 2.75) is 45.1 Å². The lowest BCUT2D eigenvalue weighted by atomic mass is 9.99. The molecule has 1 aromatic rings. The topological polar surface area (TPSA) is 26.0 Å². The molecule has 0 saturated heterocycles. The first-order valence-electron chi connectivity index (χ1n) is 5.14. The fourth-order valence-electron chi connectivity index (χ4n) is 1.40. The van der Waals surface area contributed by atoms with Crippen molar-refractivity contribution in [3.05, 3.63) is 21.3 Å². The molecule has 1 nitrogen and oxygen atoms in total. The molecule has 1 aromatic heterocycles. The molecule has 0 aliphatic rings. The highest BCUT2D eigenvalue weighted by molar-refractivity contribution is 7.16. The lowest BCUT2D eigenvalue weighted by molar-refractivity contribution is 0.534. The second-order valence-electron chi connectivity index (χ2n) is 3.79. The third kappa shape index (κ3) is 3.60. The lowest BCUT2D eigenvalue weighted by Gasteiger charge is -2.12. The molecule has 0 saturated carbocycles. The molecular weight excluding hydrogens is 214 g/mol. The molecule has 2 atom stereocenters. The van der Waals surface area contributed by atoms with Gasteiger partial charge >= 0.3 is 0 Å². The van der Waals surface area contributed by atoms with Crippen molar-refractivity contribution in [2.24, 2.45) is 5.73 Å². The van der Waals surface area contributed by atoms with Gasteiger partial charge in [-0.1, -0.05) is 25.4 Å². The first-order valence-corrected chi connectivity index (χ1v) is 6.33. The van der Waals surface area contributed by atoms with Crippen LogP contribution in [0, 0.1) is 0 Å². The molecular formula is C11H18ClNS. The van der Waals surface area contributed by atoms with Gasteiger partial charge in [0, 0.05) is 10.9 Å². The Morgan fingerprint density at radius 1 is 1.43 bits per heavy atom. The molecule has 2 unspecified atom stereocenters. The predicted molar refractivity (Wildman–Crippen MR) is 65.2 cm³/mol. The maximum absolute atomic E-state index is 5.89. The number of thiophene rings is 1. The van der Waals surface area contributed by atoms with E-state index in [0.717, 1.165) is 23.6 Å². The molecule has 80 valence electrons. The van der Waals surface area contributed by atoms with E-state index in [2.05, 4.69) is 19.9 Å². The normalized spacial score (nSPS) is 15.4. The molecule has 3 heteroatoms. The summed E-state index contributed by atoms with van der Waals surface area (Å²) in [4.78, 5) is 1.37. The van der Waals surface area contributed by atoms with Crippen molar-refractivity contribution in [3.8, 4) is 0 Å². The van der Waals surface area contributed by atoms with Gasteiger partial charge in [-0.15, -0.1) is 11.3 Å². The highest BCUT2D eigenvalue weighted by Gasteiger charge is 2.09. The molecule has 14 heavy (non-hydrogen) atoms. The summed E-state index contributed by atoms with van der Waals surface area (Å²) in [5, 5.41) is 0. The molecule has 1 rings (SSSR count). The minimum absolute atomic E-state index is 0.355. The molecule has 0 aliphatic heterocycles. The molecule has 0 bridgehead atoms. The second kappa shape index (κ2) is 5.74. The largest absolute Gasteiger partial charge is 0.328 e. The minimum Gasteiger partial charge on any atom is -0.328 e. The van der Waals surface area contributed by atoms with Crippen LogP contribution in [-0.2, 0) is 0 Å². The van der Waals surface area contributed by atoms with Gasteiger partial charge in [-0.3, -0.25) is 0 Å². The van der Waals surface area contributed by atoms with E-state index in [-0.39, 0.29) is 0 Å². The van der Waals surface area contributed by atoms with Gasteiger partial charge in [-0.2, -0.15) is 0 Å². The zero-order chi connectivity index (χ0) is 10.6. The summed E-state index contributed by atoms with van der Waals surface area (Å²) in [6.45, 7) is 4.38. The van der Waals surface area contributed by atoms with Crippen LogP contribution in [0.15, 0.2) is 12.1 Å². The van der Waals surface area contributed by atoms with Gasteiger partial charge in [0.25, 0.3) is 0 Å². The maximum atomic E-state index is 5.89. The van der Waals surface area contributed by atoms with Crippen molar-refractivity contribution in [2.75, 3.05) is 0 Å². The van der Waals surface area contributed by atoms with Crippen molar-refractivity contribution in [1.82, 2.24) is 0 Å². The SMILES string of the molecule is CCC(N)CCC(C)c1ccc(Cl)s1. The summed E-state index contributed by atoms with van der Waals surface area (Å²) in [6.07, 6.45) is 3.33. The van der Waals surface area contributed by atoms with E-state index in [1.54, 1.807) is 11.3 Å². The Morgan fingerprint density at radius 3 is 2.64 bits per heavy atom. The van der Waals surface area contributed by atoms with Crippen molar-refractivity contribution in [1.29, 1.82) is 0 Å². The van der Waals surface area contributed by atoms with Crippen molar-refractivity contribution in [3.63, 3.8) is 0 Å². The van der Waals surface area contributed by atoms with Crippen molar-refractivity contribution >= 4 is 22.9 Å². The van der Waals surface area contributed by atoms with Crippen LogP contribution in [0.4, 0.5) is 0 Å². The van der Waals surface area contributed by atoms with Crippen LogP contribution in [0.5, 0.6) is 0 Å². The zero-order valence-electron chi connectivity index (χ0n) is 8.79. The van der Waals surface area contributed by atoms with E-state index in [1.165, 1.54) is 4.88 Å². The zero-order valence-corrected chi connectivity index (χ0v) is 10.4. The minimum atomic E-state index is 0.355. The first kappa shape index (κ1) is 12.0. The summed E-state index contributed by atoms with van der Waals surface area (Å²) in [5.41, 5.74) is 5.88. The molecule has 0 aliphatic carbocycles.